The first kappa shape index (κ1) is 17.6. The molecule has 1 spiro atoms. The highest BCUT2D eigenvalue weighted by atomic mass is 32.2. The summed E-state index contributed by atoms with van der Waals surface area (Å²) < 4.78 is 6.00. The van der Waals surface area contributed by atoms with Crippen molar-refractivity contribution in [2.45, 2.75) is 50.7 Å². The number of urea groups is 1. The SMILES string of the molecule is Cc1ccccc1CCCNC(=O)N[C@H]1CCO[C@@]2(CCSC2)C1. The van der Waals surface area contributed by atoms with Gasteiger partial charge in [0.05, 0.1) is 5.60 Å². The molecular formula is C19H28N2O2S. The number of hydrogen-bond donors (Lipinski definition) is 2. The summed E-state index contributed by atoms with van der Waals surface area (Å²) in [7, 11) is 0. The molecule has 2 saturated heterocycles. The number of carbonyl (C=O) groups is 1. The third-order valence-electron chi connectivity index (χ3n) is 5.07. The summed E-state index contributed by atoms with van der Waals surface area (Å²) in [6.07, 6.45) is 4.96. The van der Waals surface area contributed by atoms with Gasteiger partial charge >= 0.3 is 6.03 Å². The number of rotatable bonds is 5. The van der Waals surface area contributed by atoms with Crippen molar-refractivity contribution < 1.29 is 9.53 Å². The van der Waals surface area contributed by atoms with Crippen LogP contribution in [0.25, 0.3) is 0 Å². The summed E-state index contributed by atoms with van der Waals surface area (Å²) >= 11 is 1.96. The fraction of sp³-hybridized carbons (Fsp3) is 0.632. The van der Waals surface area contributed by atoms with Crippen LogP contribution < -0.4 is 10.6 Å². The lowest BCUT2D eigenvalue weighted by molar-refractivity contribution is -0.0684. The molecule has 0 saturated carbocycles. The molecule has 2 atom stereocenters. The molecule has 3 rings (SSSR count). The van der Waals surface area contributed by atoms with Crippen molar-refractivity contribution in [3.05, 3.63) is 35.4 Å². The number of ether oxygens (including phenoxy) is 1. The number of amides is 2. The fourth-order valence-corrected chi connectivity index (χ4v) is 5.00. The van der Waals surface area contributed by atoms with Gasteiger partial charge in [-0.05, 0) is 55.9 Å². The quantitative estimate of drug-likeness (QED) is 0.803. The molecule has 0 aromatic heterocycles. The average Bonchev–Trinajstić information content (AvgIpc) is 3.01. The van der Waals surface area contributed by atoms with E-state index in [1.54, 1.807) is 0 Å². The van der Waals surface area contributed by atoms with Gasteiger partial charge in [-0.15, -0.1) is 0 Å². The van der Waals surface area contributed by atoms with Gasteiger partial charge < -0.3 is 15.4 Å². The summed E-state index contributed by atoms with van der Waals surface area (Å²) in [6, 6.07) is 8.65. The van der Waals surface area contributed by atoms with Crippen LogP contribution in [-0.2, 0) is 11.2 Å². The minimum Gasteiger partial charge on any atom is -0.374 e. The zero-order valence-corrected chi connectivity index (χ0v) is 15.3. The van der Waals surface area contributed by atoms with Gasteiger partial charge in [-0.2, -0.15) is 11.8 Å². The standard InChI is InChI=1S/C19H28N2O2S/c1-15-5-2-3-6-16(15)7-4-10-20-18(22)21-17-8-11-23-19(13-17)9-12-24-14-19/h2-3,5-6,17H,4,7-14H2,1H3,(H2,20,21,22)/t17-,19-/m0/s1. The zero-order chi connectivity index (χ0) is 16.8. The minimum atomic E-state index is -0.0347. The molecule has 0 aliphatic carbocycles. The van der Waals surface area contributed by atoms with Crippen LogP contribution in [0.1, 0.15) is 36.8 Å². The molecule has 0 bridgehead atoms. The van der Waals surface area contributed by atoms with E-state index in [1.165, 1.54) is 16.9 Å². The van der Waals surface area contributed by atoms with Gasteiger partial charge in [-0.25, -0.2) is 4.79 Å². The lowest BCUT2D eigenvalue weighted by Crippen LogP contribution is -2.51. The van der Waals surface area contributed by atoms with Crippen LogP contribution in [0, 0.1) is 6.92 Å². The van der Waals surface area contributed by atoms with Crippen LogP contribution in [0.3, 0.4) is 0 Å². The van der Waals surface area contributed by atoms with E-state index < -0.39 is 0 Å². The van der Waals surface area contributed by atoms with Gasteiger partial charge in [0.25, 0.3) is 0 Å². The Kier molecular flexibility index (Phi) is 6.06. The van der Waals surface area contributed by atoms with E-state index in [0.717, 1.165) is 44.5 Å². The second-order valence-corrected chi connectivity index (χ2v) is 8.06. The smallest absolute Gasteiger partial charge is 0.315 e. The maximum Gasteiger partial charge on any atom is 0.315 e. The van der Waals surface area contributed by atoms with E-state index >= 15 is 0 Å². The molecule has 1 aromatic carbocycles. The van der Waals surface area contributed by atoms with Crippen molar-refractivity contribution in [2.75, 3.05) is 24.7 Å². The van der Waals surface area contributed by atoms with Crippen LogP contribution in [0.5, 0.6) is 0 Å². The summed E-state index contributed by atoms with van der Waals surface area (Å²) in [6.45, 7) is 3.61. The van der Waals surface area contributed by atoms with Crippen molar-refractivity contribution >= 4 is 17.8 Å². The Bertz CT molecular complexity index is 558. The fourth-order valence-electron chi connectivity index (χ4n) is 3.62. The highest BCUT2D eigenvalue weighted by molar-refractivity contribution is 7.99. The number of aryl methyl sites for hydroxylation is 2. The predicted molar refractivity (Wildman–Crippen MR) is 99.7 cm³/mol. The first-order valence-electron chi connectivity index (χ1n) is 8.97. The van der Waals surface area contributed by atoms with E-state index in [2.05, 4.69) is 41.8 Å². The highest BCUT2D eigenvalue weighted by Gasteiger charge is 2.40. The third-order valence-corrected chi connectivity index (χ3v) is 6.29. The monoisotopic (exact) mass is 348 g/mol. The minimum absolute atomic E-state index is 0.0195. The first-order valence-corrected chi connectivity index (χ1v) is 10.1. The largest absolute Gasteiger partial charge is 0.374 e. The molecule has 2 heterocycles. The van der Waals surface area contributed by atoms with E-state index in [4.69, 9.17) is 4.74 Å². The van der Waals surface area contributed by atoms with Gasteiger partial charge in [0.15, 0.2) is 0 Å². The van der Waals surface area contributed by atoms with Crippen molar-refractivity contribution in [1.82, 2.24) is 10.6 Å². The summed E-state index contributed by atoms with van der Waals surface area (Å²) in [5.41, 5.74) is 2.71. The number of hydrogen-bond acceptors (Lipinski definition) is 3. The van der Waals surface area contributed by atoms with Crippen LogP contribution in [0.15, 0.2) is 24.3 Å². The van der Waals surface area contributed by atoms with Crippen LogP contribution in [0.4, 0.5) is 4.79 Å². The normalized spacial score (nSPS) is 26.5. The Morgan fingerprint density at radius 3 is 3.08 bits per heavy atom. The number of benzene rings is 1. The maximum atomic E-state index is 12.1. The molecule has 2 amide bonds. The molecule has 2 fully saturated rings. The molecule has 4 nitrogen and oxygen atoms in total. The number of thioether (sulfide) groups is 1. The van der Waals surface area contributed by atoms with Gasteiger partial charge in [-0.1, -0.05) is 24.3 Å². The third kappa shape index (κ3) is 4.67. The molecule has 0 radical (unpaired) electrons. The molecular weight excluding hydrogens is 320 g/mol. The van der Waals surface area contributed by atoms with Crippen LogP contribution >= 0.6 is 11.8 Å². The van der Waals surface area contributed by atoms with Crippen molar-refractivity contribution in [1.29, 1.82) is 0 Å². The molecule has 1 aromatic rings. The maximum absolute atomic E-state index is 12.1. The first-order chi connectivity index (χ1) is 11.7. The van der Waals surface area contributed by atoms with Crippen molar-refractivity contribution in [2.24, 2.45) is 0 Å². The van der Waals surface area contributed by atoms with Crippen LogP contribution in [0.2, 0.25) is 0 Å². The second-order valence-electron chi connectivity index (χ2n) is 6.95. The Labute approximate surface area is 149 Å². The van der Waals surface area contributed by atoms with Crippen LogP contribution in [-0.4, -0.2) is 42.3 Å². The average molecular weight is 349 g/mol. The van der Waals surface area contributed by atoms with Crippen molar-refractivity contribution in [3.8, 4) is 0 Å². The zero-order valence-electron chi connectivity index (χ0n) is 14.5. The topological polar surface area (TPSA) is 50.4 Å². The van der Waals surface area contributed by atoms with Crippen molar-refractivity contribution in [3.63, 3.8) is 0 Å². The van der Waals surface area contributed by atoms with E-state index in [1.807, 2.05) is 11.8 Å². The number of carbonyl (C=O) groups excluding carboxylic acids is 1. The highest BCUT2D eigenvalue weighted by Crippen LogP contribution is 2.38. The molecule has 132 valence electrons. The van der Waals surface area contributed by atoms with Gasteiger partial charge in [0, 0.05) is 24.9 Å². The molecule has 24 heavy (non-hydrogen) atoms. The Morgan fingerprint density at radius 2 is 2.29 bits per heavy atom. The summed E-state index contributed by atoms with van der Waals surface area (Å²) in [5, 5.41) is 6.14. The summed E-state index contributed by atoms with van der Waals surface area (Å²) in [5.74, 6) is 2.25. The predicted octanol–water partition coefficient (Wildman–Crippen LogP) is 3.28. The lowest BCUT2D eigenvalue weighted by Gasteiger charge is -2.37. The molecule has 2 N–H and O–H groups in total. The Hall–Kier alpha value is -1.20. The molecule has 5 heteroatoms. The van der Waals surface area contributed by atoms with Gasteiger partial charge in [0.2, 0.25) is 0 Å². The van der Waals surface area contributed by atoms with E-state index in [0.29, 0.717) is 6.54 Å². The Morgan fingerprint density at radius 1 is 1.42 bits per heavy atom. The molecule has 2 aliphatic heterocycles. The van der Waals surface area contributed by atoms with Gasteiger partial charge in [-0.3, -0.25) is 0 Å². The molecule has 2 aliphatic rings. The van der Waals surface area contributed by atoms with E-state index in [-0.39, 0.29) is 17.7 Å². The number of nitrogens with one attached hydrogen (secondary N) is 2. The summed E-state index contributed by atoms with van der Waals surface area (Å²) in [4.78, 5) is 12.1. The Balaban J connectivity index is 1.36. The second kappa shape index (κ2) is 8.26. The van der Waals surface area contributed by atoms with E-state index in [9.17, 15) is 4.79 Å². The van der Waals surface area contributed by atoms with Gasteiger partial charge in [0.1, 0.15) is 0 Å². The molecule has 0 unspecified atom stereocenters. The lowest BCUT2D eigenvalue weighted by atomic mass is 9.90.